The quantitative estimate of drug-likeness (QED) is 0.435. The number of terminal acetylenes is 1. The Bertz CT molecular complexity index is 58.8. The van der Waals surface area contributed by atoms with E-state index in [2.05, 4.69) is 17.8 Å². The van der Waals surface area contributed by atoms with Gasteiger partial charge in [0.05, 0.1) is 0 Å². The molecule has 0 aliphatic rings. The van der Waals surface area contributed by atoms with Crippen LogP contribution in [0.5, 0.6) is 0 Å². The van der Waals surface area contributed by atoms with Gasteiger partial charge >= 0.3 is 49.1 Å². The van der Waals surface area contributed by atoms with E-state index in [1.807, 2.05) is 0 Å². The van der Waals surface area contributed by atoms with E-state index in [1.54, 1.807) is 0 Å². The summed E-state index contributed by atoms with van der Waals surface area (Å²) in [5.41, 5.74) is 0. The van der Waals surface area contributed by atoms with Crippen LogP contribution in [0.1, 0.15) is 13.8 Å². The Hall–Kier alpha value is 0.350. The molecule has 0 aromatic rings. The summed E-state index contributed by atoms with van der Waals surface area (Å²) < 4.78 is 3.49. The van der Waals surface area contributed by atoms with Crippen LogP contribution in [0.3, 0.4) is 0 Å². The van der Waals surface area contributed by atoms with Crippen molar-refractivity contribution in [2.75, 3.05) is 0 Å². The van der Waals surface area contributed by atoms with Crippen LogP contribution in [0, 0.1) is 10.4 Å². The summed E-state index contributed by atoms with van der Waals surface area (Å²) in [4.78, 5) is 0. The average Bonchev–Trinajstić information content (AvgIpc) is 1.35. The van der Waals surface area contributed by atoms with E-state index in [0.29, 0.717) is 0 Å². The van der Waals surface area contributed by atoms with Crippen molar-refractivity contribution in [3.05, 3.63) is 0 Å². The third-order valence-electron chi connectivity index (χ3n) is 0.304. The van der Waals surface area contributed by atoms with Crippen molar-refractivity contribution >= 4 is 20.9 Å². The maximum atomic E-state index is 5.04. The molecule has 0 atom stereocenters. The van der Waals surface area contributed by atoms with Crippen LogP contribution in [0.25, 0.3) is 0 Å². The average molecular weight is 196 g/mol. The van der Waals surface area contributed by atoms with E-state index in [4.69, 9.17) is 6.42 Å². The van der Waals surface area contributed by atoms with Crippen molar-refractivity contribution < 1.29 is 0 Å². The molecule has 0 amide bonds. The summed E-state index contributed by atoms with van der Waals surface area (Å²) in [5, 5.41) is 0. The van der Waals surface area contributed by atoms with E-state index in [9.17, 15) is 0 Å². The van der Waals surface area contributed by atoms with Crippen molar-refractivity contribution in [3.8, 4) is 10.4 Å². The molecule has 0 nitrogen and oxygen atoms in total. The van der Waals surface area contributed by atoms with E-state index in [-0.39, 0.29) is 20.9 Å². The summed E-state index contributed by atoms with van der Waals surface area (Å²) in [6, 6.07) is 0. The molecule has 0 aliphatic carbocycles. The van der Waals surface area contributed by atoms with Gasteiger partial charge in [0, 0.05) is 0 Å². The molecule has 6 heavy (non-hydrogen) atoms. The SMILES string of the molecule is C#C[Te]C(C)C. The second kappa shape index (κ2) is 3.54. The van der Waals surface area contributed by atoms with Crippen molar-refractivity contribution in [2.24, 2.45) is 0 Å². The van der Waals surface area contributed by atoms with Gasteiger partial charge in [0.25, 0.3) is 0 Å². The second-order valence-corrected chi connectivity index (χ2v) is 5.32. The van der Waals surface area contributed by atoms with Gasteiger partial charge in [0.1, 0.15) is 0 Å². The van der Waals surface area contributed by atoms with Crippen LogP contribution in [0.4, 0.5) is 0 Å². The molecule has 0 saturated heterocycles. The number of rotatable bonds is 1. The summed E-state index contributed by atoms with van der Waals surface area (Å²) in [5.74, 6) is 0. The van der Waals surface area contributed by atoms with Gasteiger partial charge in [-0.3, -0.25) is 0 Å². The molecule has 0 aliphatic heterocycles. The van der Waals surface area contributed by atoms with Crippen LogP contribution < -0.4 is 0 Å². The molecule has 0 fully saturated rings. The van der Waals surface area contributed by atoms with Gasteiger partial charge < -0.3 is 0 Å². The van der Waals surface area contributed by atoms with Crippen LogP contribution in [-0.4, -0.2) is 20.9 Å². The Kier molecular flexibility index (Phi) is 3.74. The molecule has 1 heteroatoms. The number of hydrogen-bond donors (Lipinski definition) is 0. The molecule has 0 aromatic heterocycles. The number of hydrogen-bond acceptors (Lipinski definition) is 0. The fourth-order valence-electron chi connectivity index (χ4n) is 0.136. The minimum absolute atomic E-state index is 0.0506. The van der Waals surface area contributed by atoms with Gasteiger partial charge in [-0.25, -0.2) is 0 Å². The van der Waals surface area contributed by atoms with Gasteiger partial charge in [-0.1, -0.05) is 0 Å². The minimum atomic E-state index is -0.0506. The predicted octanol–water partition coefficient (Wildman–Crippen LogP) is 1.11. The molecule has 0 N–H and O–H groups in total. The molecule has 0 bridgehead atoms. The van der Waals surface area contributed by atoms with Crippen LogP contribution >= 0.6 is 0 Å². The monoisotopic (exact) mass is 198 g/mol. The Morgan fingerprint density at radius 1 is 1.67 bits per heavy atom. The molecule has 0 spiro atoms. The Balaban J connectivity index is 2.88. The van der Waals surface area contributed by atoms with Crippen LogP contribution in [0.2, 0.25) is 3.97 Å². The molecular formula is C5H8Te. The normalized spacial score (nSPS) is 8.33. The van der Waals surface area contributed by atoms with E-state index < -0.39 is 0 Å². The first-order valence-corrected chi connectivity index (χ1v) is 4.39. The van der Waals surface area contributed by atoms with Gasteiger partial charge in [-0.05, 0) is 0 Å². The zero-order valence-corrected chi connectivity index (χ0v) is 6.39. The second-order valence-electron chi connectivity index (χ2n) is 1.28. The molecule has 0 saturated carbocycles. The summed E-state index contributed by atoms with van der Waals surface area (Å²) in [6.45, 7) is 4.34. The van der Waals surface area contributed by atoms with Gasteiger partial charge in [0.15, 0.2) is 0 Å². The van der Waals surface area contributed by atoms with Crippen molar-refractivity contribution in [3.63, 3.8) is 0 Å². The summed E-state index contributed by atoms with van der Waals surface area (Å²) >= 11 is -0.0506. The summed E-state index contributed by atoms with van der Waals surface area (Å²) in [6.07, 6.45) is 5.04. The topological polar surface area (TPSA) is 0 Å². The first-order chi connectivity index (χ1) is 2.77. The van der Waals surface area contributed by atoms with E-state index >= 15 is 0 Å². The molecule has 0 heterocycles. The standard InChI is InChI=1S/C5H8Te/c1-4-6-5(2)3/h1,5H,2-3H3. The van der Waals surface area contributed by atoms with E-state index in [0.717, 1.165) is 3.97 Å². The van der Waals surface area contributed by atoms with Crippen molar-refractivity contribution in [2.45, 2.75) is 17.8 Å². The first kappa shape index (κ1) is 6.35. The third kappa shape index (κ3) is 4.35. The fourth-order valence-corrected chi connectivity index (χ4v) is 0.913. The fraction of sp³-hybridized carbons (Fsp3) is 0.600. The zero-order valence-electron chi connectivity index (χ0n) is 4.06. The molecule has 34 valence electrons. The van der Waals surface area contributed by atoms with Gasteiger partial charge in [0.2, 0.25) is 0 Å². The van der Waals surface area contributed by atoms with Gasteiger partial charge in [-0.15, -0.1) is 0 Å². The predicted molar refractivity (Wildman–Crippen MR) is 29.7 cm³/mol. The molecule has 0 rings (SSSR count). The van der Waals surface area contributed by atoms with E-state index in [1.165, 1.54) is 0 Å². The zero-order chi connectivity index (χ0) is 4.99. The van der Waals surface area contributed by atoms with Crippen molar-refractivity contribution in [1.29, 1.82) is 0 Å². The third-order valence-corrected chi connectivity index (χ3v) is 2.04. The van der Waals surface area contributed by atoms with Crippen LogP contribution in [-0.2, 0) is 0 Å². The van der Waals surface area contributed by atoms with Crippen molar-refractivity contribution in [1.82, 2.24) is 0 Å². The first-order valence-electron chi connectivity index (χ1n) is 1.88. The molecule has 0 radical (unpaired) electrons. The van der Waals surface area contributed by atoms with Crippen LogP contribution in [0.15, 0.2) is 0 Å². The molecular weight excluding hydrogens is 188 g/mol. The van der Waals surface area contributed by atoms with Gasteiger partial charge in [-0.2, -0.15) is 0 Å². The molecule has 0 aromatic carbocycles. The Morgan fingerprint density at radius 2 is 2.17 bits per heavy atom. The maximum absolute atomic E-state index is 5.04. The summed E-state index contributed by atoms with van der Waals surface area (Å²) in [7, 11) is 0. The Morgan fingerprint density at radius 3 is 2.17 bits per heavy atom. The molecule has 0 unspecified atom stereocenters. The Labute approximate surface area is 49.4 Å².